The molecule has 6 nitrogen and oxygen atoms in total. The monoisotopic (exact) mass is 196 g/mol. The first-order valence-corrected chi connectivity index (χ1v) is 4.23. The molecule has 0 radical (unpaired) electrons. The minimum Gasteiger partial charge on any atom is -0.356 e. The van der Waals surface area contributed by atoms with E-state index in [1.165, 1.54) is 4.90 Å². The molecule has 0 bridgehead atoms. The summed E-state index contributed by atoms with van der Waals surface area (Å²) in [5.74, 6) is 0.300. The lowest BCUT2D eigenvalue weighted by Crippen LogP contribution is -2.52. The quantitative estimate of drug-likeness (QED) is 0.591. The van der Waals surface area contributed by atoms with Gasteiger partial charge in [-0.15, -0.1) is 0 Å². The number of rotatable bonds is 0. The van der Waals surface area contributed by atoms with E-state index >= 15 is 0 Å². The van der Waals surface area contributed by atoms with Crippen LogP contribution in [0.5, 0.6) is 0 Å². The van der Waals surface area contributed by atoms with E-state index in [1.807, 2.05) is 0 Å². The van der Waals surface area contributed by atoms with Crippen molar-refractivity contribution in [3.05, 3.63) is 12.0 Å². The number of carbonyl (C=O) groups excluding carboxylic acids is 1. The van der Waals surface area contributed by atoms with Crippen molar-refractivity contribution in [3.63, 3.8) is 0 Å². The van der Waals surface area contributed by atoms with Crippen LogP contribution < -0.4 is 4.90 Å². The number of aliphatic hydroxyl groups excluding tert-OH is 1. The molecule has 1 unspecified atom stereocenters. The zero-order chi connectivity index (χ0) is 10.5. The summed E-state index contributed by atoms with van der Waals surface area (Å²) in [7, 11) is 5.00. The van der Waals surface area contributed by atoms with Gasteiger partial charge in [-0.05, 0) is 0 Å². The van der Waals surface area contributed by atoms with Crippen LogP contribution in [0.3, 0.4) is 0 Å². The molecule has 1 aliphatic heterocycles. The number of nitrogens with zero attached hydrogens (tertiary/aromatic N) is 4. The van der Waals surface area contributed by atoms with Gasteiger partial charge in [0.25, 0.3) is 5.91 Å². The maximum absolute atomic E-state index is 11.7. The minimum atomic E-state index is -0.940. The van der Waals surface area contributed by atoms with E-state index in [0.29, 0.717) is 11.5 Å². The molecule has 0 saturated carbocycles. The summed E-state index contributed by atoms with van der Waals surface area (Å²) in [6, 6.07) is 0. The van der Waals surface area contributed by atoms with Crippen LogP contribution in [0.1, 0.15) is 10.5 Å². The second-order valence-corrected chi connectivity index (χ2v) is 3.40. The largest absolute Gasteiger partial charge is 0.356 e. The number of fused-ring (bicyclic) bond motifs is 1. The van der Waals surface area contributed by atoms with E-state index < -0.39 is 6.35 Å². The van der Waals surface area contributed by atoms with E-state index in [0.717, 1.165) is 0 Å². The lowest BCUT2D eigenvalue weighted by molar-refractivity contribution is 0.0153. The highest BCUT2D eigenvalue weighted by Gasteiger charge is 2.35. The summed E-state index contributed by atoms with van der Waals surface area (Å²) < 4.78 is 1.65. The van der Waals surface area contributed by atoms with Gasteiger partial charge >= 0.3 is 0 Å². The number of anilines is 1. The molecular formula is C8H12N4O2. The number of aromatic nitrogens is 2. The SMILES string of the molecule is CN1C(=O)c2c(ncn2C)N(C)C1O. The number of hydrogen-bond acceptors (Lipinski definition) is 4. The molecule has 2 heterocycles. The van der Waals surface area contributed by atoms with Gasteiger partial charge in [-0.25, -0.2) is 4.98 Å². The molecule has 0 spiro atoms. The van der Waals surface area contributed by atoms with Crippen LogP contribution in [0.15, 0.2) is 6.33 Å². The van der Waals surface area contributed by atoms with Gasteiger partial charge in [0.1, 0.15) is 0 Å². The molecule has 1 amide bonds. The fraction of sp³-hybridized carbons (Fsp3) is 0.500. The molecule has 0 fully saturated rings. The van der Waals surface area contributed by atoms with Gasteiger partial charge in [-0.3, -0.25) is 9.69 Å². The molecule has 14 heavy (non-hydrogen) atoms. The van der Waals surface area contributed by atoms with E-state index in [1.54, 1.807) is 36.9 Å². The molecule has 0 aliphatic carbocycles. The van der Waals surface area contributed by atoms with Gasteiger partial charge < -0.3 is 14.6 Å². The molecule has 1 aromatic heterocycles. The van der Waals surface area contributed by atoms with Gasteiger partial charge in [0.2, 0.25) is 6.35 Å². The minimum absolute atomic E-state index is 0.217. The van der Waals surface area contributed by atoms with Gasteiger partial charge in [-0.1, -0.05) is 0 Å². The van der Waals surface area contributed by atoms with Gasteiger partial charge in [-0.2, -0.15) is 0 Å². The summed E-state index contributed by atoms with van der Waals surface area (Å²) in [4.78, 5) is 18.6. The van der Waals surface area contributed by atoms with Crippen LogP contribution in [0.2, 0.25) is 0 Å². The van der Waals surface area contributed by atoms with Crippen LogP contribution in [-0.2, 0) is 7.05 Å². The summed E-state index contributed by atoms with van der Waals surface area (Å²) in [5.41, 5.74) is 0.500. The average Bonchev–Trinajstić information content (AvgIpc) is 2.54. The highest BCUT2D eigenvalue weighted by molar-refractivity contribution is 5.99. The summed E-state index contributed by atoms with van der Waals surface area (Å²) >= 11 is 0. The smallest absolute Gasteiger partial charge is 0.277 e. The fourth-order valence-corrected chi connectivity index (χ4v) is 1.56. The summed E-state index contributed by atoms with van der Waals surface area (Å²) in [6.45, 7) is 0. The average molecular weight is 196 g/mol. The standard InChI is InChI=1S/C8H12N4O2/c1-10-4-9-6-5(10)7(13)12(3)8(14)11(6)2/h4,8,14H,1-3H3. The van der Waals surface area contributed by atoms with Crippen LogP contribution in [0.4, 0.5) is 5.82 Å². The third-order valence-corrected chi connectivity index (χ3v) is 2.47. The number of hydrogen-bond donors (Lipinski definition) is 1. The normalized spacial score (nSPS) is 21.4. The summed E-state index contributed by atoms with van der Waals surface area (Å²) in [5, 5.41) is 9.65. The Morgan fingerprint density at radius 2 is 2.00 bits per heavy atom. The molecule has 1 atom stereocenters. The Hall–Kier alpha value is -1.56. The van der Waals surface area contributed by atoms with Crippen LogP contribution in [0, 0.1) is 0 Å². The van der Waals surface area contributed by atoms with E-state index in [2.05, 4.69) is 4.98 Å². The fourth-order valence-electron chi connectivity index (χ4n) is 1.56. The lowest BCUT2D eigenvalue weighted by atomic mass is 10.3. The number of carbonyl (C=O) groups is 1. The molecule has 1 aromatic rings. The molecular weight excluding hydrogens is 184 g/mol. The van der Waals surface area contributed by atoms with E-state index in [-0.39, 0.29) is 5.91 Å². The number of aryl methyl sites for hydroxylation is 1. The molecule has 76 valence electrons. The van der Waals surface area contributed by atoms with Crippen molar-refractivity contribution in [2.45, 2.75) is 6.35 Å². The molecule has 0 saturated heterocycles. The third-order valence-electron chi connectivity index (χ3n) is 2.47. The molecule has 2 rings (SSSR count). The number of aliphatic hydroxyl groups is 1. The topological polar surface area (TPSA) is 61.6 Å². The Bertz CT molecular complexity index is 387. The van der Waals surface area contributed by atoms with Crippen LogP contribution >= 0.6 is 0 Å². The summed E-state index contributed by atoms with van der Waals surface area (Å²) in [6.07, 6.45) is 0.621. The Labute approximate surface area is 81.4 Å². The van der Waals surface area contributed by atoms with E-state index in [4.69, 9.17) is 0 Å². The molecule has 6 heteroatoms. The van der Waals surface area contributed by atoms with Crippen molar-refractivity contribution in [3.8, 4) is 0 Å². The highest BCUT2D eigenvalue weighted by Crippen LogP contribution is 2.25. The predicted molar refractivity (Wildman–Crippen MR) is 49.7 cm³/mol. The van der Waals surface area contributed by atoms with Crippen molar-refractivity contribution >= 4 is 11.7 Å². The number of imidazole rings is 1. The maximum atomic E-state index is 11.7. The van der Waals surface area contributed by atoms with Gasteiger partial charge in [0.05, 0.1) is 6.33 Å². The van der Waals surface area contributed by atoms with Crippen molar-refractivity contribution in [1.82, 2.24) is 14.5 Å². The first-order chi connectivity index (χ1) is 6.54. The molecule has 0 aromatic carbocycles. The lowest BCUT2D eigenvalue weighted by Gasteiger charge is -2.36. The highest BCUT2D eigenvalue weighted by atomic mass is 16.3. The Balaban J connectivity index is 2.59. The Morgan fingerprint density at radius 3 is 2.64 bits per heavy atom. The van der Waals surface area contributed by atoms with E-state index in [9.17, 15) is 9.90 Å². The zero-order valence-electron chi connectivity index (χ0n) is 8.30. The Kier molecular flexibility index (Phi) is 1.75. The first-order valence-electron chi connectivity index (χ1n) is 4.23. The first kappa shape index (κ1) is 9.01. The van der Waals surface area contributed by atoms with Crippen LogP contribution in [0.25, 0.3) is 0 Å². The second kappa shape index (κ2) is 2.71. The van der Waals surface area contributed by atoms with Gasteiger partial charge in [0, 0.05) is 21.1 Å². The number of amides is 1. The molecule has 1 aliphatic rings. The van der Waals surface area contributed by atoms with Crippen molar-refractivity contribution in [1.29, 1.82) is 0 Å². The Morgan fingerprint density at radius 1 is 1.36 bits per heavy atom. The molecule has 1 N–H and O–H groups in total. The predicted octanol–water partition coefficient (Wildman–Crippen LogP) is -0.782. The van der Waals surface area contributed by atoms with Crippen LogP contribution in [-0.4, -0.2) is 45.9 Å². The van der Waals surface area contributed by atoms with Crippen molar-refractivity contribution in [2.75, 3.05) is 19.0 Å². The van der Waals surface area contributed by atoms with Crippen molar-refractivity contribution in [2.24, 2.45) is 7.05 Å². The van der Waals surface area contributed by atoms with Gasteiger partial charge in [0.15, 0.2) is 11.5 Å². The third kappa shape index (κ3) is 0.941. The second-order valence-electron chi connectivity index (χ2n) is 3.40. The van der Waals surface area contributed by atoms with Crippen molar-refractivity contribution < 1.29 is 9.90 Å². The maximum Gasteiger partial charge on any atom is 0.277 e. The zero-order valence-corrected chi connectivity index (χ0v) is 8.30.